The zero-order valence-electron chi connectivity index (χ0n) is 13.6. The Labute approximate surface area is 153 Å². The topological polar surface area (TPSA) is 41.1 Å². The number of carbonyl (C=O) groups is 1. The normalized spacial score (nSPS) is 26.3. The second kappa shape index (κ2) is 8.00. The van der Waals surface area contributed by atoms with Crippen LogP contribution in [0.5, 0.6) is 0 Å². The highest BCUT2D eigenvalue weighted by atomic mass is 79.9. The maximum Gasteiger partial charge on any atom is 0.230 e. The molecule has 3 nitrogen and oxygen atoms in total. The van der Waals surface area contributed by atoms with Crippen LogP contribution in [0.2, 0.25) is 0 Å². The van der Waals surface area contributed by atoms with Crippen LogP contribution in [0.25, 0.3) is 0 Å². The summed E-state index contributed by atoms with van der Waals surface area (Å²) in [7, 11) is 0. The van der Waals surface area contributed by atoms with Crippen LogP contribution in [-0.4, -0.2) is 25.0 Å². The predicted molar refractivity (Wildman–Crippen MR) is 100 cm³/mol. The molecule has 2 N–H and O–H groups in total. The van der Waals surface area contributed by atoms with Gasteiger partial charge in [-0.3, -0.25) is 4.79 Å². The van der Waals surface area contributed by atoms with Crippen LogP contribution in [0.15, 0.2) is 28.7 Å². The van der Waals surface area contributed by atoms with Gasteiger partial charge < -0.3 is 10.6 Å². The second-order valence-electron chi connectivity index (χ2n) is 6.85. The molecule has 1 aliphatic carbocycles. The van der Waals surface area contributed by atoms with Crippen LogP contribution in [0.1, 0.15) is 44.6 Å². The minimum Gasteiger partial charge on any atom is -0.352 e. The summed E-state index contributed by atoms with van der Waals surface area (Å²) in [5.41, 5.74) is 0.859. The lowest BCUT2D eigenvalue weighted by Gasteiger charge is -2.35. The first kappa shape index (κ1) is 18.8. The first-order valence-corrected chi connectivity index (χ1v) is 9.19. The molecule has 5 heteroatoms. The average Bonchev–Trinajstić information content (AvgIpc) is 3.01. The van der Waals surface area contributed by atoms with Crippen LogP contribution in [0.3, 0.4) is 0 Å². The van der Waals surface area contributed by atoms with Crippen molar-refractivity contribution < 1.29 is 4.79 Å². The van der Waals surface area contributed by atoms with Crippen molar-refractivity contribution in [2.45, 2.75) is 50.5 Å². The summed E-state index contributed by atoms with van der Waals surface area (Å²) in [5.74, 6) is 0.743. The molecule has 2 fully saturated rings. The smallest absolute Gasteiger partial charge is 0.230 e. The lowest BCUT2D eigenvalue weighted by atomic mass is 9.77. The summed E-state index contributed by atoms with van der Waals surface area (Å²) in [6.45, 7) is 4.22. The Bertz CT molecular complexity index is 528. The number of halogens is 2. The summed E-state index contributed by atoms with van der Waals surface area (Å²) in [6, 6.07) is 8.63. The molecule has 1 aromatic rings. The Kier molecular flexibility index (Phi) is 6.52. The average molecular weight is 402 g/mol. The molecule has 0 bridgehead atoms. The fraction of sp³-hybridized carbons (Fsp3) is 0.611. The van der Waals surface area contributed by atoms with Gasteiger partial charge in [-0.25, -0.2) is 0 Å². The first-order valence-electron chi connectivity index (χ1n) is 8.39. The highest BCUT2D eigenvalue weighted by Gasteiger charge is 2.43. The van der Waals surface area contributed by atoms with E-state index in [2.05, 4.69) is 57.8 Å². The molecule has 1 saturated heterocycles. The third-order valence-electron chi connectivity index (χ3n) is 5.39. The molecule has 2 unspecified atom stereocenters. The molecule has 0 aromatic heterocycles. The van der Waals surface area contributed by atoms with Crippen LogP contribution < -0.4 is 10.6 Å². The second-order valence-corrected chi connectivity index (χ2v) is 7.76. The van der Waals surface area contributed by atoms with E-state index in [0.29, 0.717) is 12.0 Å². The molecule has 2 aliphatic rings. The molecule has 3 rings (SSSR count). The molecular formula is C18H26BrClN2O. The van der Waals surface area contributed by atoms with Gasteiger partial charge in [0.1, 0.15) is 0 Å². The fourth-order valence-corrected chi connectivity index (χ4v) is 4.19. The molecule has 1 aromatic carbocycles. The van der Waals surface area contributed by atoms with Gasteiger partial charge in [-0.05, 0) is 56.0 Å². The van der Waals surface area contributed by atoms with Crippen molar-refractivity contribution in [3.05, 3.63) is 34.3 Å². The maximum atomic E-state index is 13.1. The standard InChI is InChI=1S/C18H25BrN2O.ClH/c1-13-12-20-11-8-16(13)21-17(22)18(9-2-3-10-18)14-4-6-15(19)7-5-14;/h4-7,13,16,20H,2-3,8-12H2,1H3,(H,21,22);1H. The number of piperidine rings is 1. The van der Waals surface area contributed by atoms with Gasteiger partial charge >= 0.3 is 0 Å². The van der Waals surface area contributed by atoms with E-state index in [0.717, 1.165) is 49.7 Å². The van der Waals surface area contributed by atoms with Crippen molar-refractivity contribution in [3.8, 4) is 0 Å². The van der Waals surface area contributed by atoms with Crippen LogP contribution >= 0.6 is 28.3 Å². The number of amides is 1. The molecular weight excluding hydrogens is 376 g/mol. The zero-order chi connectivity index (χ0) is 15.6. The molecule has 23 heavy (non-hydrogen) atoms. The van der Waals surface area contributed by atoms with E-state index in [4.69, 9.17) is 0 Å². The van der Waals surface area contributed by atoms with Crippen LogP contribution in [-0.2, 0) is 10.2 Å². The Morgan fingerprint density at radius 2 is 1.91 bits per heavy atom. The predicted octanol–water partition coefficient (Wildman–Crippen LogP) is 3.80. The van der Waals surface area contributed by atoms with Gasteiger partial charge in [-0.2, -0.15) is 0 Å². The molecule has 0 radical (unpaired) electrons. The minimum atomic E-state index is -0.314. The summed E-state index contributed by atoms with van der Waals surface area (Å²) in [4.78, 5) is 13.1. The van der Waals surface area contributed by atoms with Gasteiger partial charge in [0.15, 0.2) is 0 Å². The Morgan fingerprint density at radius 1 is 1.26 bits per heavy atom. The number of hydrogen-bond donors (Lipinski definition) is 2. The van der Waals surface area contributed by atoms with E-state index in [1.54, 1.807) is 0 Å². The van der Waals surface area contributed by atoms with E-state index >= 15 is 0 Å². The van der Waals surface area contributed by atoms with Crippen LogP contribution in [0.4, 0.5) is 0 Å². The van der Waals surface area contributed by atoms with Gasteiger partial charge in [-0.15, -0.1) is 12.4 Å². The summed E-state index contributed by atoms with van der Waals surface area (Å²) >= 11 is 3.49. The molecule has 1 heterocycles. The third kappa shape index (κ3) is 3.92. The maximum absolute atomic E-state index is 13.1. The summed E-state index contributed by atoms with van der Waals surface area (Å²) in [6.07, 6.45) is 5.26. The Morgan fingerprint density at radius 3 is 2.52 bits per heavy atom. The van der Waals surface area contributed by atoms with Gasteiger partial charge in [0.2, 0.25) is 5.91 Å². The van der Waals surface area contributed by atoms with Gasteiger partial charge in [0, 0.05) is 10.5 Å². The fourth-order valence-electron chi connectivity index (χ4n) is 3.93. The lowest BCUT2D eigenvalue weighted by molar-refractivity contribution is -0.127. The monoisotopic (exact) mass is 400 g/mol. The first-order chi connectivity index (χ1) is 10.6. The molecule has 2 atom stereocenters. The van der Waals surface area contributed by atoms with Crippen molar-refractivity contribution >= 4 is 34.2 Å². The van der Waals surface area contributed by atoms with Gasteiger partial charge in [0.05, 0.1) is 5.41 Å². The quantitative estimate of drug-likeness (QED) is 0.809. The van der Waals surface area contributed by atoms with E-state index in [-0.39, 0.29) is 23.7 Å². The molecule has 1 aliphatic heterocycles. The molecule has 128 valence electrons. The summed E-state index contributed by atoms with van der Waals surface area (Å²) < 4.78 is 1.07. The minimum absolute atomic E-state index is 0. The largest absolute Gasteiger partial charge is 0.352 e. The van der Waals surface area contributed by atoms with Crippen molar-refractivity contribution in [3.63, 3.8) is 0 Å². The highest BCUT2D eigenvalue weighted by molar-refractivity contribution is 9.10. The van der Waals surface area contributed by atoms with Crippen molar-refractivity contribution in [2.75, 3.05) is 13.1 Å². The number of carbonyl (C=O) groups excluding carboxylic acids is 1. The van der Waals surface area contributed by atoms with Gasteiger partial charge in [0.25, 0.3) is 0 Å². The zero-order valence-corrected chi connectivity index (χ0v) is 16.0. The van der Waals surface area contributed by atoms with E-state index in [1.165, 1.54) is 5.56 Å². The number of rotatable bonds is 3. The Balaban J connectivity index is 0.00000192. The van der Waals surface area contributed by atoms with Crippen molar-refractivity contribution in [2.24, 2.45) is 5.92 Å². The number of benzene rings is 1. The van der Waals surface area contributed by atoms with E-state index in [1.807, 2.05) is 0 Å². The Hall–Kier alpha value is -0.580. The molecule has 1 saturated carbocycles. The third-order valence-corrected chi connectivity index (χ3v) is 5.92. The lowest BCUT2D eigenvalue weighted by Crippen LogP contribution is -2.53. The number of hydrogen-bond acceptors (Lipinski definition) is 2. The molecule has 0 spiro atoms. The van der Waals surface area contributed by atoms with Crippen molar-refractivity contribution in [1.29, 1.82) is 0 Å². The molecule has 1 amide bonds. The summed E-state index contributed by atoms with van der Waals surface area (Å²) in [5, 5.41) is 6.77. The van der Waals surface area contributed by atoms with E-state index in [9.17, 15) is 4.79 Å². The van der Waals surface area contributed by atoms with Crippen molar-refractivity contribution in [1.82, 2.24) is 10.6 Å². The van der Waals surface area contributed by atoms with Gasteiger partial charge in [-0.1, -0.05) is 47.8 Å². The van der Waals surface area contributed by atoms with Crippen LogP contribution in [0, 0.1) is 5.92 Å². The van der Waals surface area contributed by atoms with E-state index < -0.39 is 0 Å². The highest BCUT2D eigenvalue weighted by Crippen LogP contribution is 2.42. The SMILES string of the molecule is CC1CNCCC1NC(=O)C1(c2ccc(Br)cc2)CCCC1.Cl. The number of nitrogens with one attached hydrogen (secondary N) is 2.